The molecule has 10 heteroatoms. The van der Waals surface area contributed by atoms with E-state index in [0.717, 1.165) is 17.0 Å². The second kappa shape index (κ2) is 6.87. The van der Waals surface area contributed by atoms with Crippen LogP contribution in [-0.2, 0) is 9.84 Å². The molecule has 1 fully saturated rings. The highest BCUT2D eigenvalue weighted by Gasteiger charge is 2.31. The Morgan fingerprint density at radius 1 is 1.38 bits per heavy atom. The normalized spacial score (nSPS) is 19.1. The first kappa shape index (κ1) is 18.1. The molecule has 0 unspecified atom stereocenters. The minimum atomic E-state index is -3.00. The monoisotopic (exact) mass is 377 g/mol. The molecular weight excluding hydrogens is 358 g/mol. The van der Waals surface area contributed by atoms with Gasteiger partial charge >= 0.3 is 0 Å². The van der Waals surface area contributed by atoms with Crippen molar-refractivity contribution >= 4 is 27.4 Å². The molecule has 1 saturated heterocycles. The van der Waals surface area contributed by atoms with Gasteiger partial charge in [-0.05, 0) is 26.3 Å². The number of hydrogen-bond acceptors (Lipinski definition) is 7. The Morgan fingerprint density at radius 2 is 2.12 bits per heavy atom. The third kappa shape index (κ3) is 3.59. The number of aromatic nitrogens is 2. The van der Waals surface area contributed by atoms with E-state index in [1.54, 1.807) is 29.1 Å². The van der Waals surface area contributed by atoms with Gasteiger partial charge in [0.15, 0.2) is 9.84 Å². The van der Waals surface area contributed by atoms with Crippen molar-refractivity contribution in [3.8, 4) is 0 Å². The van der Waals surface area contributed by atoms with E-state index in [0.29, 0.717) is 12.1 Å². The number of nitrogens with zero attached hydrogens (tertiary/aromatic N) is 4. The highest BCUT2D eigenvalue weighted by Crippen LogP contribution is 2.26. The van der Waals surface area contributed by atoms with Crippen LogP contribution in [0.25, 0.3) is 0 Å². The molecule has 1 aliphatic heterocycles. The summed E-state index contributed by atoms with van der Waals surface area (Å²) in [5.41, 5.74) is 5.21. The minimum Gasteiger partial charge on any atom is -0.272 e. The molecule has 3 rings (SSSR count). The molecule has 1 N–H and O–H groups in total. The van der Waals surface area contributed by atoms with E-state index >= 15 is 0 Å². The van der Waals surface area contributed by atoms with Crippen molar-refractivity contribution in [2.24, 2.45) is 5.10 Å². The first-order valence-electron chi connectivity index (χ1n) is 8.07. The van der Waals surface area contributed by atoms with E-state index in [2.05, 4.69) is 15.6 Å². The fourth-order valence-corrected chi connectivity index (χ4v) is 4.77. The van der Waals surface area contributed by atoms with Crippen molar-refractivity contribution in [1.82, 2.24) is 9.78 Å². The predicted octanol–water partition coefficient (Wildman–Crippen LogP) is 2.21. The standard InChI is InChI=1S/C16H19N5O4S/c1-11-14(9-17-18-15-5-3-4-6-16(15)21(22)23)12(2)20(19-11)13-7-8-26(24,25)10-13/h3-6,9,13,18H,7-8,10H2,1-2H3/b17-9-/t13-/m0/s1. The third-order valence-corrected chi connectivity index (χ3v) is 6.16. The van der Waals surface area contributed by atoms with E-state index in [9.17, 15) is 18.5 Å². The van der Waals surface area contributed by atoms with Gasteiger partial charge in [-0.1, -0.05) is 12.1 Å². The molecule has 2 aromatic rings. The summed E-state index contributed by atoms with van der Waals surface area (Å²) < 4.78 is 25.1. The lowest BCUT2D eigenvalue weighted by atomic mass is 10.2. The molecule has 1 atom stereocenters. The van der Waals surface area contributed by atoms with Crippen LogP contribution in [0.2, 0.25) is 0 Å². The Hall–Kier alpha value is -2.75. The van der Waals surface area contributed by atoms with Crippen LogP contribution in [0.1, 0.15) is 29.4 Å². The summed E-state index contributed by atoms with van der Waals surface area (Å²) in [5.74, 6) is 0.276. The van der Waals surface area contributed by atoms with Crippen molar-refractivity contribution in [2.75, 3.05) is 16.9 Å². The van der Waals surface area contributed by atoms with E-state index in [1.165, 1.54) is 6.07 Å². The number of rotatable bonds is 5. The molecule has 138 valence electrons. The molecule has 26 heavy (non-hydrogen) atoms. The molecule has 0 bridgehead atoms. The smallest absolute Gasteiger partial charge is 0.272 e. The van der Waals surface area contributed by atoms with Crippen molar-refractivity contribution in [1.29, 1.82) is 0 Å². The van der Waals surface area contributed by atoms with Crippen LogP contribution >= 0.6 is 0 Å². The fraction of sp³-hybridized carbons (Fsp3) is 0.375. The summed E-state index contributed by atoms with van der Waals surface area (Å²) in [5, 5.41) is 19.6. The van der Waals surface area contributed by atoms with E-state index in [1.807, 2.05) is 13.8 Å². The van der Waals surface area contributed by atoms with Crippen LogP contribution in [0.15, 0.2) is 29.4 Å². The van der Waals surface area contributed by atoms with Gasteiger partial charge < -0.3 is 0 Å². The Morgan fingerprint density at radius 3 is 2.77 bits per heavy atom. The van der Waals surface area contributed by atoms with Crippen molar-refractivity contribution in [2.45, 2.75) is 26.3 Å². The Balaban J connectivity index is 1.81. The third-order valence-electron chi connectivity index (χ3n) is 4.41. The molecule has 1 aromatic carbocycles. The summed E-state index contributed by atoms with van der Waals surface area (Å²) in [6, 6.07) is 6.07. The number of para-hydroxylation sites is 2. The van der Waals surface area contributed by atoms with Gasteiger partial charge in [0.1, 0.15) is 5.69 Å². The zero-order valence-corrected chi connectivity index (χ0v) is 15.2. The summed E-state index contributed by atoms with van der Waals surface area (Å²) in [6.07, 6.45) is 2.10. The molecule has 1 aliphatic rings. The van der Waals surface area contributed by atoms with Crippen LogP contribution in [0.3, 0.4) is 0 Å². The SMILES string of the molecule is Cc1nn([C@H]2CCS(=O)(=O)C2)c(C)c1/C=N\Nc1ccccc1[N+](=O)[O-]. The second-order valence-electron chi connectivity index (χ2n) is 6.23. The van der Waals surface area contributed by atoms with Crippen LogP contribution in [0.5, 0.6) is 0 Å². The summed E-state index contributed by atoms with van der Waals surface area (Å²) >= 11 is 0. The second-order valence-corrected chi connectivity index (χ2v) is 8.46. The topological polar surface area (TPSA) is 119 Å². The average molecular weight is 377 g/mol. The lowest BCUT2D eigenvalue weighted by Gasteiger charge is -2.10. The van der Waals surface area contributed by atoms with Crippen molar-refractivity contribution in [3.05, 3.63) is 51.3 Å². The fourth-order valence-electron chi connectivity index (χ4n) is 3.08. The lowest BCUT2D eigenvalue weighted by molar-refractivity contribution is -0.384. The summed E-state index contributed by atoms with van der Waals surface area (Å²) in [4.78, 5) is 10.5. The highest BCUT2D eigenvalue weighted by atomic mass is 32.2. The molecule has 9 nitrogen and oxygen atoms in total. The number of nitro groups is 1. The Labute approximate surface area is 150 Å². The molecule has 2 heterocycles. The van der Waals surface area contributed by atoms with Crippen molar-refractivity contribution < 1.29 is 13.3 Å². The van der Waals surface area contributed by atoms with Gasteiger partial charge in [0.2, 0.25) is 0 Å². The van der Waals surface area contributed by atoms with Gasteiger partial charge in [-0.15, -0.1) is 0 Å². The first-order chi connectivity index (χ1) is 12.3. The molecule has 0 radical (unpaired) electrons. The highest BCUT2D eigenvalue weighted by molar-refractivity contribution is 7.91. The molecule has 0 saturated carbocycles. The number of nitro benzene ring substituents is 1. The first-order valence-corrected chi connectivity index (χ1v) is 9.89. The molecular formula is C16H19N5O4S. The largest absolute Gasteiger partial charge is 0.294 e. The molecule has 0 aliphatic carbocycles. The lowest BCUT2D eigenvalue weighted by Crippen LogP contribution is -2.14. The predicted molar refractivity (Wildman–Crippen MR) is 98.3 cm³/mol. The Bertz CT molecular complexity index is 981. The summed E-state index contributed by atoms with van der Waals surface area (Å²) in [6.45, 7) is 3.68. The molecule has 1 aromatic heterocycles. The van der Waals surface area contributed by atoms with Gasteiger partial charge in [-0.2, -0.15) is 10.2 Å². The maximum atomic E-state index is 11.7. The van der Waals surface area contributed by atoms with Gasteiger partial charge in [0, 0.05) is 17.3 Å². The van der Waals surface area contributed by atoms with Crippen LogP contribution in [0.4, 0.5) is 11.4 Å². The van der Waals surface area contributed by atoms with Crippen LogP contribution in [0, 0.1) is 24.0 Å². The van der Waals surface area contributed by atoms with Crippen LogP contribution < -0.4 is 5.43 Å². The number of nitrogens with one attached hydrogen (secondary N) is 1. The summed E-state index contributed by atoms with van der Waals surface area (Å²) in [7, 11) is -3.00. The minimum absolute atomic E-state index is 0.0649. The molecule has 0 amide bonds. The van der Waals surface area contributed by atoms with Gasteiger partial charge in [-0.3, -0.25) is 20.2 Å². The zero-order chi connectivity index (χ0) is 18.9. The van der Waals surface area contributed by atoms with E-state index in [4.69, 9.17) is 0 Å². The Kier molecular flexibility index (Phi) is 4.77. The van der Waals surface area contributed by atoms with E-state index < -0.39 is 14.8 Å². The number of sulfone groups is 1. The average Bonchev–Trinajstić information content (AvgIpc) is 3.08. The maximum Gasteiger partial charge on any atom is 0.294 e. The number of benzene rings is 1. The van der Waals surface area contributed by atoms with Gasteiger partial charge in [0.05, 0.1) is 34.4 Å². The zero-order valence-electron chi connectivity index (χ0n) is 14.4. The quantitative estimate of drug-likeness (QED) is 0.485. The number of anilines is 1. The van der Waals surface area contributed by atoms with Crippen LogP contribution in [-0.4, -0.2) is 40.8 Å². The van der Waals surface area contributed by atoms with Gasteiger partial charge in [0.25, 0.3) is 5.69 Å². The number of hydrazone groups is 1. The number of aryl methyl sites for hydroxylation is 1. The molecule has 0 spiro atoms. The van der Waals surface area contributed by atoms with Crippen molar-refractivity contribution in [3.63, 3.8) is 0 Å². The van der Waals surface area contributed by atoms with Gasteiger partial charge in [-0.25, -0.2) is 8.42 Å². The maximum absolute atomic E-state index is 11.7. The van der Waals surface area contributed by atoms with E-state index in [-0.39, 0.29) is 23.2 Å². The number of hydrogen-bond donors (Lipinski definition) is 1.